The second-order valence-corrected chi connectivity index (χ2v) is 5.73. The summed E-state index contributed by atoms with van der Waals surface area (Å²) in [5.74, 6) is 2.97. The van der Waals surface area contributed by atoms with Crippen LogP contribution in [0.5, 0.6) is 0 Å². The molecule has 4 heteroatoms. The molecule has 0 aliphatic heterocycles. The van der Waals surface area contributed by atoms with E-state index in [0.29, 0.717) is 0 Å². The van der Waals surface area contributed by atoms with Crippen LogP contribution < -0.4 is 0 Å². The molecule has 0 amide bonds. The zero-order chi connectivity index (χ0) is 15.2. The van der Waals surface area contributed by atoms with Gasteiger partial charge in [-0.2, -0.15) is 13.8 Å². The van der Waals surface area contributed by atoms with Gasteiger partial charge in [-0.3, -0.25) is 0 Å². The summed E-state index contributed by atoms with van der Waals surface area (Å²) < 4.78 is 39.1. The lowest BCUT2D eigenvalue weighted by molar-refractivity contribution is 0.296. The van der Waals surface area contributed by atoms with Gasteiger partial charge in [0.1, 0.15) is 0 Å². The third-order valence-electron chi connectivity index (χ3n) is 4.11. The number of hydrogen-bond acceptors (Lipinski definition) is 1. The highest BCUT2D eigenvalue weighted by Gasteiger charge is 2.19. The van der Waals surface area contributed by atoms with Gasteiger partial charge in [0.2, 0.25) is 5.95 Å². The molecule has 0 bridgehead atoms. The lowest BCUT2D eigenvalue weighted by atomic mass is 9.80. The van der Waals surface area contributed by atoms with Crippen LogP contribution in [0.3, 0.4) is 0 Å². The van der Waals surface area contributed by atoms with Crippen LogP contribution in [0.4, 0.5) is 13.2 Å². The summed E-state index contributed by atoms with van der Waals surface area (Å²) in [5, 5.41) is 0. The van der Waals surface area contributed by atoms with Crippen molar-refractivity contribution in [3.63, 3.8) is 0 Å². The average molecular weight is 295 g/mol. The summed E-state index contributed by atoms with van der Waals surface area (Å²) >= 11 is 0. The third-order valence-corrected chi connectivity index (χ3v) is 4.11. The first kappa shape index (κ1) is 15.9. The third kappa shape index (κ3) is 4.49. The molecule has 1 saturated carbocycles. The summed E-state index contributed by atoms with van der Waals surface area (Å²) in [7, 11) is 0. The molecule has 0 atom stereocenters. The van der Waals surface area contributed by atoms with E-state index in [0.717, 1.165) is 37.7 Å². The van der Waals surface area contributed by atoms with E-state index in [1.54, 1.807) is 0 Å². The Morgan fingerprint density at radius 2 is 1.86 bits per heavy atom. The Labute approximate surface area is 124 Å². The standard InChI is InChI=1S/C17H20F3N/c1-2-3-4-12-5-7-13(8-6-12)9-10-14-11-15(18)17(20)21-16(14)19/h11-13H,2-8H2,1H3. The lowest BCUT2D eigenvalue weighted by Gasteiger charge is -2.25. The second kappa shape index (κ2) is 7.49. The number of rotatable bonds is 3. The number of nitrogens with zero attached hydrogens (tertiary/aromatic N) is 1. The zero-order valence-corrected chi connectivity index (χ0v) is 12.3. The van der Waals surface area contributed by atoms with Gasteiger partial charge in [0.25, 0.3) is 5.95 Å². The van der Waals surface area contributed by atoms with Crippen molar-refractivity contribution in [1.82, 2.24) is 4.98 Å². The predicted octanol–water partition coefficient (Wildman–Crippen LogP) is 4.85. The summed E-state index contributed by atoms with van der Waals surface area (Å²) in [4.78, 5) is 2.87. The van der Waals surface area contributed by atoms with Gasteiger partial charge in [0.15, 0.2) is 5.82 Å². The highest BCUT2D eigenvalue weighted by atomic mass is 19.2. The van der Waals surface area contributed by atoms with Crippen molar-refractivity contribution < 1.29 is 13.2 Å². The van der Waals surface area contributed by atoms with Crippen molar-refractivity contribution in [2.45, 2.75) is 51.9 Å². The predicted molar refractivity (Wildman–Crippen MR) is 76.0 cm³/mol. The SMILES string of the molecule is CCCCC1CCC(C#Cc2cc(F)c(F)nc2F)CC1. The Bertz CT molecular complexity index is 537. The maximum atomic E-state index is 13.4. The minimum Gasteiger partial charge on any atom is -0.202 e. The van der Waals surface area contributed by atoms with Gasteiger partial charge in [-0.1, -0.05) is 38.0 Å². The molecule has 1 aliphatic carbocycles. The average Bonchev–Trinajstić information content (AvgIpc) is 2.48. The fourth-order valence-electron chi connectivity index (χ4n) is 2.80. The Balaban J connectivity index is 1.94. The first-order valence-corrected chi connectivity index (χ1v) is 7.63. The minimum absolute atomic E-state index is 0.165. The number of pyridine rings is 1. The topological polar surface area (TPSA) is 12.9 Å². The quantitative estimate of drug-likeness (QED) is 0.574. The smallest absolute Gasteiger partial charge is 0.202 e. The molecular weight excluding hydrogens is 275 g/mol. The van der Waals surface area contributed by atoms with Crippen LogP contribution in [0.2, 0.25) is 0 Å². The van der Waals surface area contributed by atoms with Crippen molar-refractivity contribution in [2.24, 2.45) is 11.8 Å². The Morgan fingerprint density at radius 1 is 1.14 bits per heavy atom. The van der Waals surface area contributed by atoms with Gasteiger partial charge >= 0.3 is 0 Å². The summed E-state index contributed by atoms with van der Waals surface area (Å²) in [6.45, 7) is 2.20. The van der Waals surface area contributed by atoms with Crippen LogP contribution >= 0.6 is 0 Å². The van der Waals surface area contributed by atoms with E-state index in [4.69, 9.17) is 0 Å². The molecule has 0 spiro atoms. The van der Waals surface area contributed by atoms with Crippen LogP contribution in [0.25, 0.3) is 0 Å². The van der Waals surface area contributed by atoms with Crippen molar-refractivity contribution in [1.29, 1.82) is 0 Å². The monoisotopic (exact) mass is 295 g/mol. The highest BCUT2D eigenvalue weighted by molar-refractivity contribution is 5.33. The van der Waals surface area contributed by atoms with Gasteiger partial charge in [-0.25, -0.2) is 4.39 Å². The van der Waals surface area contributed by atoms with Gasteiger partial charge in [-0.15, -0.1) is 0 Å². The largest absolute Gasteiger partial charge is 0.251 e. The van der Waals surface area contributed by atoms with Crippen LogP contribution in [0.15, 0.2) is 6.07 Å². The van der Waals surface area contributed by atoms with E-state index in [-0.39, 0.29) is 11.5 Å². The summed E-state index contributed by atoms with van der Waals surface area (Å²) in [5.41, 5.74) is -0.165. The molecule has 1 aromatic heterocycles. The Kier molecular flexibility index (Phi) is 5.67. The van der Waals surface area contributed by atoms with Crippen LogP contribution in [0.1, 0.15) is 57.4 Å². The first-order chi connectivity index (χ1) is 10.1. The van der Waals surface area contributed by atoms with Gasteiger partial charge in [0, 0.05) is 5.92 Å². The normalized spacial score (nSPS) is 21.7. The van der Waals surface area contributed by atoms with E-state index >= 15 is 0 Å². The first-order valence-electron chi connectivity index (χ1n) is 7.63. The number of halogens is 3. The molecule has 0 radical (unpaired) electrons. The zero-order valence-electron chi connectivity index (χ0n) is 12.3. The fourth-order valence-corrected chi connectivity index (χ4v) is 2.80. The molecule has 1 aliphatic rings. The van der Waals surface area contributed by atoms with E-state index in [2.05, 4.69) is 23.7 Å². The molecule has 0 aromatic carbocycles. The lowest BCUT2D eigenvalue weighted by Crippen LogP contribution is -2.13. The van der Waals surface area contributed by atoms with Crippen molar-refractivity contribution in [2.75, 3.05) is 0 Å². The molecule has 1 fully saturated rings. The number of aromatic nitrogens is 1. The van der Waals surface area contributed by atoms with Crippen molar-refractivity contribution in [3.8, 4) is 11.8 Å². The highest BCUT2D eigenvalue weighted by Crippen LogP contribution is 2.31. The Hall–Kier alpha value is -1.50. The molecular formula is C17H20F3N. The molecule has 1 heterocycles. The number of hydrogen-bond donors (Lipinski definition) is 0. The maximum absolute atomic E-state index is 13.4. The molecule has 0 saturated heterocycles. The van der Waals surface area contributed by atoms with Crippen LogP contribution in [0, 0.1) is 41.4 Å². The molecule has 1 nitrogen and oxygen atoms in total. The Morgan fingerprint density at radius 3 is 2.52 bits per heavy atom. The molecule has 2 rings (SSSR count). The second-order valence-electron chi connectivity index (χ2n) is 5.73. The molecule has 1 aromatic rings. The summed E-state index contributed by atoms with van der Waals surface area (Å²) in [6, 6.07) is 0.775. The van der Waals surface area contributed by atoms with Gasteiger partial charge in [0.05, 0.1) is 5.56 Å². The number of unbranched alkanes of at least 4 members (excludes halogenated alkanes) is 1. The van der Waals surface area contributed by atoms with Gasteiger partial charge < -0.3 is 0 Å². The molecule has 114 valence electrons. The fraction of sp³-hybridized carbons (Fsp3) is 0.588. The van der Waals surface area contributed by atoms with Crippen molar-refractivity contribution in [3.05, 3.63) is 29.3 Å². The molecule has 0 unspecified atom stereocenters. The van der Waals surface area contributed by atoms with E-state index in [9.17, 15) is 13.2 Å². The molecule has 0 N–H and O–H groups in total. The summed E-state index contributed by atoms with van der Waals surface area (Å²) in [6.07, 6.45) is 8.07. The van der Waals surface area contributed by atoms with E-state index < -0.39 is 17.7 Å². The minimum atomic E-state index is -1.42. The van der Waals surface area contributed by atoms with Crippen LogP contribution in [-0.2, 0) is 0 Å². The van der Waals surface area contributed by atoms with E-state index in [1.165, 1.54) is 19.3 Å². The van der Waals surface area contributed by atoms with Crippen LogP contribution in [-0.4, -0.2) is 4.98 Å². The van der Waals surface area contributed by atoms with Gasteiger partial charge in [-0.05, 0) is 37.7 Å². The maximum Gasteiger partial charge on any atom is 0.251 e. The molecule has 21 heavy (non-hydrogen) atoms. The van der Waals surface area contributed by atoms with Crippen molar-refractivity contribution >= 4 is 0 Å². The van der Waals surface area contributed by atoms with E-state index in [1.807, 2.05) is 0 Å².